The van der Waals surface area contributed by atoms with Gasteiger partial charge in [0.15, 0.2) is 11.5 Å². The van der Waals surface area contributed by atoms with Crippen LogP contribution in [0.25, 0.3) is 11.0 Å². The number of amides is 2. The van der Waals surface area contributed by atoms with Gasteiger partial charge in [-0.05, 0) is 48.4 Å². The number of carbonyl (C=O) groups excluding carboxylic acids is 1. The predicted octanol–water partition coefficient (Wildman–Crippen LogP) is 4.75. The number of furan rings is 2. The largest absolute Gasteiger partial charge is 0.493 e. The number of para-hydroxylation sites is 1. The first-order valence-electron chi connectivity index (χ1n) is 12.4. The van der Waals surface area contributed by atoms with Crippen LogP contribution in [0.4, 0.5) is 4.79 Å². The summed E-state index contributed by atoms with van der Waals surface area (Å²) in [6.07, 6.45) is 2.49. The highest BCUT2D eigenvalue weighted by Gasteiger charge is 2.28. The van der Waals surface area contributed by atoms with E-state index in [-0.39, 0.29) is 18.9 Å². The van der Waals surface area contributed by atoms with Crippen molar-refractivity contribution in [1.29, 1.82) is 0 Å². The lowest BCUT2D eigenvalue weighted by Crippen LogP contribution is -2.45. The molecule has 0 radical (unpaired) electrons. The summed E-state index contributed by atoms with van der Waals surface area (Å²) in [7, 11) is 1.63. The van der Waals surface area contributed by atoms with Crippen molar-refractivity contribution in [2.24, 2.45) is 0 Å². The second-order valence-electron chi connectivity index (χ2n) is 9.39. The van der Waals surface area contributed by atoms with Crippen LogP contribution < -0.4 is 19.5 Å². The van der Waals surface area contributed by atoms with Crippen LogP contribution in [-0.2, 0) is 19.6 Å². The molecular formula is C28H29N3O6. The van der Waals surface area contributed by atoms with Gasteiger partial charge in [0.2, 0.25) is 12.5 Å². The first-order valence-corrected chi connectivity index (χ1v) is 12.4. The third-order valence-corrected chi connectivity index (χ3v) is 6.76. The molecule has 4 heterocycles. The Balaban J connectivity index is 1.11. The number of likely N-dealkylation sites (tertiary alicyclic amines) is 1. The monoisotopic (exact) mass is 503 g/mol. The number of nitrogens with zero attached hydrogens (tertiary/aromatic N) is 2. The molecule has 2 aromatic carbocycles. The number of methoxy groups -OCH3 is 1. The van der Waals surface area contributed by atoms with E-state index >= 15 is 0 Å². The normalized spacial score (nSPS) is 16.8. The van der Waals surface area contributed by atoms with Crippen molar-refractivity contribution in [2.75, 3.05) is 27.0 Å². The Kier molecular flexibility index (Phi) is 6.36. The molecule has 9 nitrogen and oxygen atoms in total. The van der Waals surface area contributed by atoms with Crippen LogP contribution in [0.2, 0.25) is 0 Å². The summed E-state index contributed by atoms with van der Waals surface area (Å²) < 4.78 is 28.0. The first kappa shape index (κ1) is 23.3. The zero-order chi connectivity index (χ0) is 25.2. The van der Waals surface area contributed by atoms with Gasteiger partial charge < -0.3 is 33.3 Å². The lowest BCUT2D eigenvalue weighted by Gasteiger charge is -2.24. The van der Waals surface area contributed by atoms with E-state index in [9.17, 15) is 4.79 Å². The summed E-state index contributed by atoms with van der Waals surface area (Å²) in [6.45, 7) is 3.26. The van der Waals surface area contributed by atoms with Crippen LogP contribution in [0.15, 0.2) is 69.7 Å². The number of rotatable bonds is 8. The Morgan fingerprint density at radius 3 is 2.84 bits per heavy atom. The van der Waals surface area contributed by atoms with Crippen molar-refractivity contribution in [2.45, 2.75) is 32.1 Å². The summed E-state index contributed by atoms with van der Waals surface area (Å²) in [6, 6.07) is 17.4. The maximum atomic E-state index is 13.4. The SMILES string of the molecule is COc1cc(CN2CCC(NC(=O)N(Cc3ccco3)Cc3cc4ccccc4o3)C2)cc2c1OCO2. The number of nitrogens with one attached hydrogen (secondary N) is 1. The highest BCUT2D eigenvalue weighted by molar-refractivity contribution is 5.78. The molecule has 1 N–H and O–H groups in total. The Hall–Kier alpha value is -4.11. The number of urea groups is 1. The van der Waals surface area contributed by atoms with Crippen LogP contribution in [-0.4, -0.2) is 48.9 Å². The maximum Gasteiger partial charge on any atom is 0.318 e. The molecule has 2 aliphatic heterocycles. The number of fused-ring (bicyclic) bond motifs is 2. The average molecular weight is 504 g/mol. The Labute approximate surface area is 214 Å². The Morgan fingerprint density at radius 1 is 1.11 bits per heavy atom. The van der Waals surface area contributed by atoms with E-state index < -0.39 is 0 Å². The lowest BCUT2D eigenvalue weighted by molar-refractivity contribution is 0.171. The van der Waals surface area contributed by atoms with Gasteiger partial charge in [0, 0.05) is 31.1 Å². The molecule has 2 aromatic heterocycles. The van der Waals surface area contributed by atoms with Crippen molar-refractivity contribution in [1.82, 2.24) is 15.1 Å². The molecule has 1 fully saturated rings. The standard InChI is InChI=1S/C28H29N3O6/c1-33-25-11-19(12-26-27(25)36-18-35-26)14-30-9-8-21(15-30)29-28(32)31(16-22-6-4-10-34-22)17-23-13-20-5-2-3-7-24(20)37-23/h2-7,10-13,21H,8-9,14-18H2,1H3,(H,29,32). The Bertz CT molecular complexity index is 1350. The number of hydrogen-bond acceptors (Lipinski definition) is 7. The summed E-state index contributed by atoms with van der Waals surface area (Å²) in [5, 5.41) is 4.23. The molecule has 0 saturated carbocycles. The second kappa shape index (κ2) is 10.1. The fraction of sp³-hybridized carbons (Fsp3) is 0.321. The van der Waals surface area contributed by atoms with E-state index in [2.05, 4.69) is 10.2 Å². The summed E-state index contributed by atoms with van der Waals surface area (Å²) in [4.78, 5) is 17.4. The molecule has 37 heavy (non-hydrogen) atoms. The minimum atomic E-state index is -0.145. The molecule has 2 amide bonds. The number of ether oxygens (including phenoxy) is 3. The van der Waals surface area contributed by atoms with Crippen molar-refractivity contribution in [3.05, 3.63) is 77.9 Å². The van der Waals surface area contributed by atoms with E-state index in [0.717, 1.165) is 54.1 Å². The number of benzene rings is 2. The summed E-state index contributed by atoms with van der Waals surface area (Å²) in [5.41, 5.74) is 1.89. The molecule has 9 heteroatoms. The van der Waals surface area contributed by atoms with Crippen molar-refractivity contribution in [3.63, 3.8) is 0 Å². The van der Waals surface area contributed by atoms with Crippen LogP contribution in [0.1, 0.15) is 23.5 Å². The van der Waals surface area contributed by atoms with Gasteiger partial charge in [-0.2, -0.15) is 0 Å². The summed E-state index contributed by atoms with van der Waals surface area (Å²) in [5.74, 6) is 3.48. The quantitative estimate of drug-likeness (QED) is 0.371. The molecule has 1 unspecified atom stereocenters. The third kappa shape index (κ3) is 5.08. The van der Waals surface area contributed by atoms with Crippen LogP contribution in [0.3, 0.4) is 0 Å². The van der Waals surface area contributed by atoms with E-state index in [1.165, 1.54) is 0 Å². The molecule has 192 valence electrons. The zero-order valence-corrected chi connectivity index (χ0v) is 20.6. The summed E-state index contributed by atoms with van der Waals surface area (Å²) >= 11 is 0. The number of hydrogen-bond donors (Lipinski definition) is 1. The maximum absolute atomic E-state index is 13.4. The van der Waals surface area contributed by atoms with Gasteiger partial charge in [-0.15, -0.1) is 0 Å². The lowest BCUT2D eigenvalue weighted by atomic mass is 10.1. The molecule has 2 aliphatic rings. The van der Waals surface area contributed by atoms with Gasteiger partial charge in [-0.25, -0.2) is 4.79 Å². The third-order valence-electron chi connectivity index (χ3n) is 6.76. The van der Waals surface area contributed by atoms with Gasteiger partial charge in [-0.3, -0.25) is 4.90 Å². The molecule has 0 spiro atoms. The molecule has 4 aromatic rings. The first-order chi connectivity index (χ1) is 18.1. The molecule has 1 atom stereocenters. The van der Waals surface area contributed by atoms with E-state index in [4.69, 9.17) is 23.0 Å². The van der Waals surface area contributed by atoms with Gasteiger partial charge >= 0.3 is 6.03 Å². The van der Waals surface area contributed by atoms with Crippen molar-refractivity contribution >= 4 is 17.0 Å². The Morgan fingerprint density at radius 2 is 2.00 bits per heavy atom. The van der Waals surface area contributed by atoms with Gasteiger partial charge in [0.1, 0.15) is 17.1 Å². The van der Waals surface area contributed by atoms with Gasteiger partial charge in [0.05, 0.1) is 26.5 Å². The average Bonchev–Trinajstić information content (AvgIpc) is 3.70. The van der Waals surface area contributed by atoms with Crippen LogP contribution in [0.5, 0.6) is 17.2 Å². The minimum Gasteiger partial charge on any atom is -0.493 e. The second-order valence-corrected chi connectivity index (χ2v) is 9.39. The van der Waals surface area contributed by atoms with Crippen LogP contribution >= 0.6 is 0 Å². The van der Waals surface area contributed by atoms with E-state index in [0.29, 0.717) is 30.3 Å². The molecule has 6 rings (SSSR count). The molecule has 1 saturated heterocycles. The molecule has 0 bridgehead atoms. The topological polar surface area (TPSA) is 89.6 Å². The smallest absolute Gasteiger partial charge is 0.318 e. The van der Waals surface area contributed by atoms with Gasteiger partial charge in [0.25, 0.3) is 0 Å². The minimum absolute atomic E-state index is 0.0400. The van der Waals surface area contributed by atoms with E-state index in [1.54, 1.807) is 18.3 Å². The molecule has 0 aliphatic carbocycles. The highest BCUT2D eigenvalue weighted by atomic mass is 16.7. The van der Waals surface area contributed by atoms with Crippen LogP contribution in [0, 0.1) is 0 Å². The predicted molar refractivity (Wildman–Crippen MR) is 135 cm³/mol. The van der Waals surface area contributed by atoms with Crippen molar-refractivity contribution < 1.29 is 27.8 Å². The fourth-order valence-electron chi connectivity index (χ4n) is 4.99. The van der Waals surface area contributed by atoms with Gasteiger partial charge in [-0.1, -0.05) is 18.2 Å². The van der Waals surface area contributed by atoms with Crippen molar-refractivity contribution in [3.8, 4) is 17.2 Å². The fourth-order valence-corrected chi connectivity index (χ4v) is 4.99. The highest BCUT2D eigenvalue weighted by Crippen LogP contribution is 2.42. The van der Waals surface area contributed by atoms with E-state index in [1.807, 2.05) is 54.6 Å². The number of carbonyl (C=O) groups is 1. The zero-order valence-electron chi connectivity index (χ0n) is 20.6. The molecular weight excluding hydrogens is 474 g/mol.